The topological polar surface area (TPSA) is 0 Å². The summed E-state index contributed by atoms with van der Waals surface area (Å²) in [6, 6.07) is 21.9. The fourth-order valence-corrected chi connectivity index (χ4v) is 6.20. The van der Waals surface area contributed by atoms with Gasteiger partial charge in [-0.3, -0.25) is 0 Å². The molecule has 0 fully saturated rings. The van der Waals surface area contributed by atoms with Gasteiger partial charge in [-0.2, -0.15) is 0 Å². The molecule has 0 nitrogen and oxygen atoms in total. The summed E-state index contributed by atoms with van der Waals surface area (Å²) in [4.78, 5) is 0. The van der Waals surface area contributed by atoms with E-state index in [-0.39, 0.29) is 15.8 Å². The van der Waals surface area contributed by atoms with E-state index in [2.05, 4.69) is 74.0 Å². The van der Waals surface area contributed by atoms with Crippen molar-refractivity contribution in [1.82, 2.24) is 0 Å². The second-order valence-corrected chi connectivity index (χ2v) is 9.23. The maximum atomic E-state index is 2.40. The fraction of sp³-hybridized carbons (Fsp3) is 0.250. The predicted octanol–water partition coefficient (Wildman–Crippen LogP) is 3.86. The first-order valence-corrected chi connectivity index (χ1v) is 10.2. The minimum atomic E-state index is 0.0177. The Bertz CT molecular complexity index is 408. The smallest absolute Gasteiger partial charge is 0.0243 e. The largest absolute Gasteiger partial charge is 0.0781 e. The Morgan fingerprint density at radius 3 is 1.28 bits per heavy atom. The zero-order chi connectivity index (χ0) is 12.8. The highest BCUT2D eigenvalue weighted by Gasteiger charge is 2.08. The molecule has 0 aromatic heterocycles. The van der Waals surface area contributed by atoms with Gasteiger partial charge in [0.1, 0.15) is 0 Å². The van der Waals surface area contributed by atoms with Gasteiger partial charge in [0.25, 0.3) is 0 Å². The number of rotatable bonds is 5. The Labute approximate surface area is 113 Å². The van der Waals surface area contributed by atoms with Crippen LogP contribution in [-0.4, -0.2) is 25.7 Å². The van der Waals surface area contributed by atoms with E-state index in [4.69, 9.17) is 0 Å². The molecule has 2 aromatic carbocycles. The average Bonchev–Trinajstić information content (AvgIpc) is 2.46. The molecule has 0 aliphatic carbocycles. The van der Waals surface area contributed by atoms with Crippen molar-refractivity contribution in [2.45, 2.75) is 0 Å². The lowest BCUT2D eigenvalue weighted by Gasteiger charge is -2.17. The Morgan fingerprint density at radius 2 is 0.944 bits per heavy atom. The monoisotopic (exact) mass is 274 g/mol. The summed E-state index contributed by atoms with van der Waals surface area (Å²) in [5.41, 5.74) is 0. The van der Waals surface area contributed by atoms with Gasteiger partial charge in [-0.05, 0) is 36.3 Å². The van der Waals surface area contributed by atoms with Gasteiger partial charge in [0.2, 0.25) is 0 Å². The van der Waals surface area contributed by atoms with Crippen LogP contribution in [0.4, 0.5) is 0 Å². The summed E-state index contributed by atoms with van der Waals surface area (Å²) in [5.74, 6) is 0. The molecule has 2 rings (SSSR count). The van der Waals surface area contributed by atoms with E-state index < -0.39 is 0 Å². The highest BCUT2D eigenvalue weighted by Crippen LogP contribution is 2.37. The van der Waals surface area contributed by atoms with Crippen molar-refractivity contribution in [2.75, 3.05) is 25.7 Å². The van der Waals surface area contributed by atoms with Crippen molar-refractivity contribution in [2.24, 2.45) is 0 Å². The lowest BCUT2D eigenvalue weighted by molar-refractivity contribution is 1.50. The van der Waals surface area contributed by atoms with Crippen molar-refractivity contribution >= 4 is 26.5 Å². The van der Waals surface area contributed by atoms with Gasteiger partial charge < -0.3 is 0 Å². The molecular weight excluding hydrogens is 254 g/mol. The summed E-state index contributed by atoms with van der Waals surface area (Å²) in [6.07, 6.45) is 2.69. The van der Waals surface area contributed by atoms with E-state index in [1.807, 2.05) is 0 Å². The van der Waals surface area contributed by atoms with E-state index in [0.29, 0.717) is 0 Å². The van der Waals surface area contributed by atoms with Crippen molar-refractivity contribution in [3.05, 3.63) is 60.7 Å². The van der Waals surface area contributed by atoms with Gasteiger partial charge in [-0.1, -0.05) is 76.5 Å². The molecule has 94 valence electrons. The minimum Gasteiger partial charge on any atom is -0.0781 e. The molecule has 0 saturated heterocycles. The van der Waals surface area contributed by atoms with Crippen LogP contribution in [0.1, 0.15) is 0 Å². The van der Waals surface area contributed by atoms with Gasteiger partial charge in [-0.25, -0.2) is 0 Å². The Kier molecular flexibility index (Phi) is 5.36. The van der Waals surface area contributed by atoms with Crippen LogP contribution in [0.15, 0.2) is 60.7 Å². The molecule has 0 aliphatic rings. The number of benzene rings is 2. The van der Waals surface area contributed by atoms with E-state index in [0.717, 1.165) is 0 Å². The molecule has 0 heterocycles. The third-order valence-corrected chi connectivity index (χ3v) is 7.67. The van der Waals surface area contributed by atoms with Crippen LogP contribution >= 0.6 is 15.8 Å². The normalized spacial score (nSPS) is 14.1. The minimum absolute atomic E-state index is 0.0177. The summed E-state index contributed by atoms with van der Waals surface area (Å²) < 4.78 is 0. The summed E-state index contributed by atoms with van der Waals surface area (Å²) in [5, 5.41) is 3.06. The Hall–Kier alpha value is -0.700. The zero-order valence-electron chi connectivity index (χ0n) is 11.1. The van der Waals surface area contributed by atoms with Crippen molar-refractivity contribution < 1.29 is 0 Å². The predicted molar refractivity (Wildman–Crippen MR) is 87.6 cm³/mol. The molecule has 0 unspecified atom stereocenters. The molecule has 0 spiro atoms. The van der Waals surface area contributed by atoms with Crippen LogP contribution in [0.2, 0.25) is 0 Å². The van der Waals surface area contributed by atoms with Crippen LogP contribution < -0.4 is 10.6 Å². The SMILES string of the molecule is C[P@](CC[P@@](C)c1ccccc1)c1ccccc1. The molecule has 0 saturated carbocycles. The van der Waals surface area contributed by atoms with Crippen LogP contribution in [-0.2, 0) is 0 Å². The van der Waals surface area contributed by atoms with E-state index in [9.17, 15) is 0 Å². The molecule has 0 aliphatic heterocycles. The van der Waals surface area contributed by atoms with E-state index >= 15 is 0 Å². The third-order valence-electron chi connectivity index (χ3n) is 3.16. The van der Waals surface area contributed by atoms with Gasteiger partial charge in [-0.15, -0.1) is 0 Å². The third kappa shape index (κ3) is 3.91. The van der Waals surface area contributed by atoms with Gasteiger partial charge in [0.05, 0.1) is 0 Å². The van der Waals surface area contributed by atoms with Crippen molar-refractivity contribution in [3.8, 4) is 0 Å². The Morgan fingerprint density at radius 1 is 0.611 bits per heavy atom. The number of hydrogen-bond acceptors (Lipinski definition) is 0. The first-order chi connectivity index (χ1) is 8.77. The van der Waals surface area contributed by atoms with Crippen LogP contribution in [0, 0.1) is 0 Å². The van der Waals surface area contributed by atoms with Crippen LogP contribution in [0.3, 0.4) is 0 Å². The van der Waals surface area contributed by atoms with Crippen LogP contribution in [0.25, 0.3) is 0 Å². The molecule has 2 atom stereocenters. The molecule has 0 bridgehead atoms. The first kappa shape index (κ1) is 13.7. The summed E-state index contributed by atoms with van der Waals surface area (Å²) in [6.45, 7) is 4.80. The highest BCUT2D eigenvalue weighted by atomic mass is 31.1. The maximum Gasteiger partial charge on any atom is -0.0243 e. The molecule has 0 amide bonds. The van der Waals surface area contributed by atoms with Crippen LogP contribution in [0.5, 0.6) is 0 Å². The van der Waals surface area contributed by atoms with Gasteiger partial charge in [0, 0.05) is 0 Å². The molecule has 2 aromatic rings. The molecule has 0 radical (unpaired) electrons. The fourth-order valence-electron chi connectivity index (χ4n) is 1.92. The molecule has 18 heavy (non-hydrogen) atoms. The highest BCUT2D eigenvalue weighted by molar-refractivity contribution is 7.68. The zero-order valence-corrected chi connectivity index (χ0v) is 12.9. The van der Waals surface area contributed by atoms with E-state index in [1.165, 1.54) is 22.9 Å². The standard InChI is InChI=1S/C16H20P2/c1-17(15-9-5-3-6-10-15)13-14-18(2)16-11-7-4-8-12-16/h3-12H,13-14H2,1-2H3/t17-,18-/m1/s1. The second-order valence-electron chi connectivity index (χ2n) is 4.51. The molecule has 0 N–H and O–H groups in total. The van der Waals surface area contributed by atoms with E-state index in [1.54, 1.807) is 0 Å². The molecular formula is C16H20P2. The van der Waals surface area contributed by atoms with Gasteiger partial charge in [0.15, 0.2) is 0 Å². The second kappa shape index (κ2) is 7.03. The summed E-state index contributed by atoms with van der Waals surface area (Å²) in [7, 11) is 0.0353. The maximum absolute atomic E-state index is 2.40. The summed E-state index contributed by atoms with van der Waals surface area (Å²) >= 11 is 0. The average molecular weight is 274 g/mol. The van der Waals surface area contributed by atoms with Gasteiger partial charge >= 0.3 is 0 Å². The van der Waals surface area contributed by atoms with Crippen molar-refractivity contribution in [1.29, 1.82) is 0 Å². The number of hydrogen-bond donors (Lipinski definition) is 0. The first-order valence-electron chi connectivity index (χ1n) is 6.30. The van der Waals surface area contributed by atoms with Crippen molar-refractivity contribution in [3.63, 3.8) is 0 Å². The molecule has 2 heteroatoms. The lowest BCUT2D eigenvalue weighted by atomic mass is 10.4. The lowest BCUT2D eigenvalue weighted by Crippen LogP contribution is -2.07. The quantitative estimate of drug-likeness (QED) is 0.726. The Balaban J connectivity index is 1.89.